The van der Waals surface area contributed by atoms with Crippen LogP contribution in [0.3, 0.4) is 0 Å². The summed E-state index contributed by atoms with van der Waals surface area (Å²) in [5.74, 6) is -1.22. The molecule has 0 aliphatic carbocycles. The zero-order valence-electron chi connectivity index (χ0n) is 13.7. The molecule has 2 amide bonds. The Balaban J connectivity index is 1.90. The molecule has 130 valence electrons. The molecule has 1 aliphatic heterocycles. The lowest BCUT2D eigenvalue weighted by atomic mass is 10.3. The molecule has 0 radical (unpaired) electrons. The standard InChI is InChI=1S/C16H19NO7/c1-4-21-16(2,3)23-12-7-5-11(6-8-12)22-15(20)24-17-13(18)9-10-14(17)19/h5-8H,4,9-10H2,1-3H3. The fourth-order valence-corrected chi connectivity index (χ4v) is 2.08. The second-order valence-corrected chi connectivity index (χ2v) is 5.43. The first kappa shape index (κ1) is 17.7. The number of hydrogen-bond donors (Lipinski definition) is 0. The second-order valence-electron chi connectivity index (χ2n) is 5.43. The molecule has 0 atom stereocenters. The van der Waals surface area contributed by atoms with Crippen molar-refractivity contribution in [2.24, 2.45) is 0 Å². The van der Waals surface area contributed by atoms with E-state index in [1.54, 1.807) is 26.0 Å². The monoisotopic (exact) mass is 337 g/mol. The fourth-order valence-electron chi connectivity index (χ4n) is 2.08. The Bertz CT molecular complexity index is 608. The van der Waals surface area contributed by atoms with E-state index in [2.05, 4.69) is 4.84 Å². The van der Waals surface area contributed by atoms with E-state index in [1.165, 1.54) is 12.1 Å². The van der Waals surface area contributed by atoms with Crippen LogP contribution in [0, 0.1) is 0 Å². The number of carbonyl (C=O) groups excluding carboxylic acids is 3. The maximum Gasteiger partial charge on any atom is 0.539 e. The highest BCUT2D eigenvalue weighted by molar-refractivity contribution is 6.01. The molecule has 1 aromatic carbocycles. The van der Waals surface area contributed by atoms with Gasteiger partial charge in [-0.2, -0.15) is 0 Å². The van der Waals surface area contributed by atoms with Crippen molar-refractivity contribution in [3.8, 4) is 11.5 Å². The van der Waals surface area contributed by atoms with E-state index >= 15 is 0 Å². The summed E-state index contributed by atoms with van der Waals surface area (Å²) < 4.78 is 16.0. The normalized spacial score (nSPS) is 14.7. The second kappa shape index (κ2) is 7.31. The zero-order chi connectivity index (χ0) is 17.7. The van der Waals surface area contributed by atoms with Crippen LogP contribution < -0.4 is 9.47 Å². The van der Waals surface area contributed by atoms with Gasteiger partial charge in [-0.15, -0.1) is 0 Å². The van der Waals surface area contributed by atoms with Crippen LogP contribution in [0.15, 0.2) is 24.3 Å². The molecule has 1 heterocycles. The average molecular weight is 337 g/mol. The molecule has 0 bridgehead atoms. The lowest BCUT2D eigenvalue weighted by Crippen LogP contribution is -2.33. The number of hydrogen-bond acceptors (Lipinski definition) is 7. The summed E-state index contributed by atoms with van der Waals surface area (Å²) in [6.07, 6.45) is -1.12. The van der Waals surface area contributed by atoms with Crippen LogP contribution in [0.1, 0.15) is 33.6 Å². The number of ether oxygens (including phenoxy) is 3. The predicted octanol–water partition coefficient (Wildman–Crippen LogP) is 2.42. The Hall–Kier alpha value is -2.61. The van der Waals surface area contributed by atoms with E-state index in [4.69, 9.17) is 14.2 Å². The van der Waals surface area contributed by atoms with Crippen molar-refractivity contribution < 1.29 is 33.4 Å². The summed E-state index contributed by atoms with van der Waals surface area (Å²) in [5.41, 5.74) is 0. The van der Waals surface area contributed by atoms with Crippen LogP contribution >= 0.6 is 0 Å². The maximum atomic E-state index is 11.6. The maximum absolute atomic E-state index is 11.6. The first-order valence-corrected chi connectivity index (χ1v) is 7.49. The van der Waals surface area contributed by atoms with Crippen LogP contribution in [-0.4, -0.2) is 35.4 Å². The van der Waals surface area contributed by atoms with Crippen molar-refractivity contribution in [3.63, 3.8) is 0 Å². The van der Waals surface area contributed by atoms with Crippen LogP contribution in [0.2, 0.25) is 0 Å². The number of imide groups is 1. The third kappa shape index (κ3) is 4.69. The Morgan fingerprint density at radius 2 is 1.62 bits per heavy atom. The SMILES string of the molecule is CCOC(C)(C)Oc1ccc(OC(=O)ON2C(=O)CCC2=O)cc1. The molecule has 1 fully saturated rings. The average Bonchev–Trinajstić information content (AvgIpc) is 2.81. The molecule has 0 aromatic heterocycles. The van der Waals surface area contributed by atoms with E-state index in [0.717, 1.165) is 0 Å². The minimum absolute atomic E-state index is 0.0216. The Kier molecular flexibility index (Phi) is 5.40. The first-order valence-electron chi connectivity index (χ1n) is 7.49. The Morgan fingerprint density at radius 1 is 1.08 bits per heavy atom. The highest BCUT2D eigenvalue weighted by Gasteiger charge is 2.33. The molecule has 1 aliphatic rings. The summed E-state index contributed by atoms with van der Waals surface area (Å²) in [7, 11) is 0. The van der Waals surface area contributed by atoms with Gasteiger partial charge in [-0.05, 0) is 31.2 Å². The molecule has 1 aromatic rings. The molecular formula is C16H19NO7. The van der Waals surface area contributed by atoms with E-state index in [-0.39, 0.29) is 18.6 Å². The van der Waals surface area contributed by atoms with E-state index < -0.39 is 23.8 Å². The number of hydroxylamine groups is 2. The molecule has 0 N–H and O–H groups in total. The van der Waals surface area contributed by atoms with Gasteiger partial charge in [0.2, 0.25) is 5.79 Å². The van der Waals surface area contributed by atoms with Gasteiger partial charge >= 0.3 is 6.16 Å². The smallest absolute Gasteiger partial charge is 0.463 e. The van der Waals surface area contributed by atoms with Gasteiger partial charge in [0.05, 0.1) is 0 Å². The number of nitrogens with zero attached hydrogens (tertiary/aromatic N) is 1. The molecule has 0 unspecified atom stereocenters. The lowest BCUT2D eigenvalue weighted by molar-refractivity contribution is -0.174. The van der Waals surface area contributed by atoms with Gasteiger partial charge in [-0.25, -0.2) is 4.79 Å². The minimum atomic E-state index is -1.16. The van der Waals surface area contributed by atoms with Crippen molar-refractivity contribution in [1.82, 2.24) is 5.06 Å². The predicted molar refractivity (Wildman–Crippen MR) is 81.0 cm³/mol. The highest BCUT2D eigenvalue weighted by atomic mass is 16.8. The summed E-state index contributed by atoms with van der Waals surface area (Å²) >= 11 is 0. The molecule has 8 nitrogen and oxygen atoms in total. The van der Waals surface area contributed by atoms with E-state index in [0.29, 0.717) is 17.4 Å². The summed E-state index contributed by atoms with van der Waals surface area (Å²) in [6, 6.07) is 6.17. The zero-order valence-corrected chi connectivity index (χ0v) is 13.7. The third-order valence-electron chi connectivity index (χ3n) is 3.05. The minimum Gasteiger partial charge on any atom is -0.463 e. The van der Waals surface area contributed by atoms with Crippen molar-refractivity contribution >= 4 is 18.0 Å². The number of amides is 2. The molecule has 2 rings (SSSR count). The van der Waals surface area contributed by atoms with Gasteiger partial charge in [0.15, 0.2) is 0 Å². The van der Waals surface area contributed by atoms with Crippen LogP contribution in [-0.2, 0) is 19.2 Å². The van der Waals surface area contributed by atoms with Gasteiger partial charge in [0.25, 0.3) is 11.8 Å². The lowest BCUT2D eigenvalue weighted by Gasteiger charge is -2.26. The van der Waals surface area contributed by atoms with Gasteiger partial charge in [0, 0.05) is 33.3 Å². The quantitative estimate of drug-likeness (QED) is 0.341. The van der Waals surface area contributed by atoms with Crippen LogP contribution in [0.25, 0.3) is 0 Å². The Morgan fingerprint density at radius 3 is 2.17 bits per heavy atom. The number of carbonyl (C=O) groups is 3. The van der Waals surface area contributed by atoms with Crippen molar-refractivity contribution in [3.05, 3.63) is 24.3 Å². The fraction of sp³-hybridized carbons (Fsp3) is 0.438. The van der Waals surface area contributed by atoms with Crippen molar-refractivity contribution in [2.75, 3.05) is 6.61 Å². The van der Waals surface area contributed by atoms with Crippen molar-refractivity contribution in [2.45, 2.75) is 39.4 Å². The molecule has 24 heavy (non-hydrogen) atoms. The number of rotatable bonds is 6. The third-order valence-corrected chi connectivity index (χ3v) is 3.05. The summed E-state index contributed by atoms with van der Waals surface area (Å²) in [6.45, 7) is 5.93. The van der Waals surface area contributed by atoms with Gasteiger partial charge in [-0.3, -0.25) is 14.4 Å². The van der Waals surface area contributed by atoms with Crippen LogP contribution in [0.4, 0.5) is 4.79 Å². The van der Waals surface area contributed by atoms with Crippen molar-refractivity contribution in [1.29, 1.82) is 0 Å². The Labute approximate surface area is 139 Å². The first-order chi connectivity index (χ1) is 11.3. The topological polar surface area (TPSA) is 91.4 Å². The van der Waals surface area contributed by atoms with E-state index in [9.17, 15) is 14.4 Å². The molecule has 0 saturated carbocycles. The van der Waals surface area contributed by atoms with Crippen LogP contribution in [0.5, 0.6) is 11.5 Å². The molecule has 1 saturated heterocycles. The molecule has 0 spiro atoms. The van der Waals surface area contributed by atoms with Gasteiger partial charge < -0.3 is 14.2 Å². The van der Waals surface area contributed by atoms with Gasteiger partial charge in [-0.1, -0.05) is 5.06 Å². The molecular weight excluding hydrogens is 318 g/mol. The van der Waals surface area contributed by atoms with Gasteiger partial charge in [0.1, 0.15) is 11.5 Å². The largest absolute Gasteiger partial charge is 0.539 e. The molecule has 8 heteroatoms. The number of benzene rings is 1. The summed E-state index contributed by atoms with van der Waals surface area (Å²) in [5, 5.41) is 0.421. The van der Waals surface area contributed by atoms with E-state index in [1.807, 2.05) is 6.92 Å². The highest BCUT2D eigenvalue weighted by Crippen LogP contribution is 2.23. The summed E-state index contributed by atoms with van der Waals surface area (Å²) in [4.78, 5) is 38.9.